The second-order valence-electron chi connectivity index (χ2n) is 3.07. The minimum atomic E-state index is -0.330. The molecule has 0 spiro atoms. The monoisotopic (exact) mass is 262 g/mol. The zero-order valence-electron chi connectivity index (χ0n) is 8.78. The number of aromatic nitrogens is 1. The van der Waals surface area contributed by atoms with Gasteiger partial charge in [-0.25, -0.2) is 4.98 Å². The Morgan fingerprint density at radius 3 is 2.75 bits per heavy atom. The van der Waals surface area contributed by atoms with E-state index in [9.17, 15) is 4.79 Å². The Labute approximate surface area is 104 Å². The van der Waals surface area contributed by atoms with Gasteiger partial charge in [0.25, 0.3) is 5.91 Å². The molecule has 16 heavy (non-hydrogen) atoms. The van der Waals surface area contributed by atoms with Gasteiger partial charge in [-0.2, -0.15) is 0 Å². The molecule has 6 heteroatoms. The topological polar surface area (TPSA) is 53.4 Å². The lowest BCUT2D eigenvalue weighted by atomic mass is 10.3. The smallest absolute Gasteiger partial charge is 0.274 e. The number of nitrogens with zero attached hydrogens (tertiary/aromatic N) is 2. The summed E-state index contributed by atoms with van der Waals surface area (Å²) >= 11 is 11.6. The zero-order valence-corrected chi connectivity index (χ0v) is 10.3. The Morgan fingerprint density at radius 1 is 1.50 bits per heavy atom. The Balaban J connectivity index is 2.98. The van der Waals surface area contributed by atoms with Crippen molar-refractivity contribution in [2.45, 2.75) is 6.92 Å². The van der Waals surface area contributed by atoms with Crippen molar-refractivity contribution in [3.63, 3.8) is 0 Å². The second kappa shape index (κ2) is 6.03. The maximum atomic E-state index is 11.9. The predicted octanol–water partition coefficient (Wildman–Crippen LogP) is 1.84. The van der Waals surface area contributed by atoms with Crippen molar-refractivity contribution in [2.75, 3.05) is 19.7 Å². The lowest BCUT2D eigenvalue weighted by Crippen LogP contribution is -2.34. The van der Waals surface area contributed by atoms with Crippen LogP contribution in [0.3, 0.4) is 0 Å². The average molecular weight is 263 g/mol. The Bertz CT molecular complexity index is 385. The number of carbonyl (C=O) groups excluding carboxylic acids is 1. The molecule has 0 aromatic carbocycles. The van der Waals surface area contributed by atoms with Crippen LogP contribution in [-0.2, 0) is 0 Å². The minimum Gasteiger partial charge on any atom is -0.395 e. The van der Waals surface area contributed by atoms with E-state index in [1.807, 2.05) is 6.92 Å². The number of pyridine rings is 1. The van der Waals surface area contributed by atoms with Crippen LogP contribution < -0.4 is 0 Å². The van der Waals surface area contributed by atoms with Crippen molar-refractivity contribution in [1.29, 1.82) is 0 Å². The van der Waals surface area contributed by atoms with E-state index < -0.39 is 0 Å². The highest BCUT2D eigenvalue weighted by molar-refractivity contribution is 6.34. The third kappa shape index (κ3) is 3.07. The molecule has 4 nitrogen and oxygen atoms in total. The molecule has 0 aliphatic heterocycles. The maximum Gasteiger partial charge on any atom is 0.274 e. The van der Waals surface area contributed by atoms with Gasteiger partial charge in [-0.05, 0) is 19.1 Å². The van der Waals surface area contributed by atoms with E-state index in [2.05, 4.69) is 4.98 Å². The van der Waals surface area contributed by atoms with Crippen molar-refractivity contribution in [1.82, 2.24) is 9.88 Å². The molecule has 0 saturated carbocycles. The number of aliphatic hydroxyl groups excluding tert-OH is 1. The maximum absolute atomic E-state index is 11.9. The highest BCUT2D eigenvalue weighted by Gasteiger charge is 2.18. The van der Waals surface area contributed by atoms with E-state index in [-0.39, 0.29) is 34.9 Å². The minimum absolute atomic E-state index is 0.0994. The summed E-state index contributed by atoms with van der Waals surface area (Å²) in [6, 6.07) is 3.04. The Morgan fingerprint density at radius 2 is 2.19 bits per heavy atom. The van der Waals surface area contributed by atoms with Gasteiger partial charge in [-0.1, -0.05) is 23.2 Å². The van der Waals surface area contributed by atoms with Crippen molar-refractivity contribution >= 4 is 29.1 Å². The van der Waals surface area contributed by atoms with E-state index in [1.54, 1.807) is 0 Å². The molecule has 0 unspecified atom stereocenters. The van der Waals surface area contributed by atoms with Gasteiger partial charge in [0.15, 0.2) is 0 Å². The molecule has 0 atom stereocenters. The van der Waals surface area contributed by atoms with Gasteiger partial charge in [0.05, 0.1) is 11.6 Å². The first kappa shape index (κ1) is 13.2. The highest BCUT2D eigenvalue weighted by Crippen LogP contribution is 2.18. The van der Waals surface area contributed by atoms with Crippen LogP contribution in [0.25, 0.3) is 0 Å². The van der Waals surface area contributed by atoms with Crippen LogP contribution in [0.5, 0.6) is 0 Å². The van der Waals surface area contributed by atoms with Gasteiger partial charge in [0, 0.05) is 13.1 Å². The van der Waals surface area contributed by atoms with Crippen molar-refractivity contribution in [2.24, 2.45) is 0 Å². The number of hydrogen-bond donors (Lipinski definition) is 1. The summed E-state index contributed by atoms with van der Waals surface area (Å²) in [5, 5.41) is 9.29. The Kier molecular flexibility index (Phi) is 4.99. The largest absolute Gasteiger partial charge is 0.395 e. The number of carbonyl (C=O) groups is 1. The highest BCUT2D eigenvalue weighted by atomic mass is 35.5. The number of amides is 1. The van der Waals surface area contributed by atoms with Crippen LogP contribution in [0.2, 0.25) is 10.2 Å². The van der Waals surface area contributed by atoms with Crippen molar-refractivity contribution in [3.05, 3.63) is 28.0 Å². The molecule has 0 radical (unpaired) electrons. The van der Waals surface area contributed by atoms with Gasteiger partial charge in [-0.3, -0.25) is 4.79 Å². The molecule has 0 bridgehead atoms. The van der Waals surface area contributed by atoms with E-state index in [0.717, 1.165) is 0 Å². The first-order valence-electron chi connectivity index (χ1n) is 4.82. The molecular formula is C10H12Cl2N2O2. The molecule has 1 N–H and O–H groups in total. The van der Waals surface area contributed by atoms with Crippen LogP contribution in [-0.4, -0.2) is 40.6 Å². The van der Waals surface area contributed by atoms with E-state index >= 15 is 0 Å². The van der Waals surface area contributed by atoms with Gasteiger partial charge in [0.2, 0.25) is 0 Å². The molecule has 1 heterocycles. The summed E-state index contributed by atoms with van der Waals surface area (Å²) in [7, 11) is 0. The molecular weight excluding hydrogens is 251 g/mol. The number of rotatable bonds is 4. The molecule has 0 aliphatic rings. The molecule has 88 valence electrons. The number of halogens is 2. The van der Waals surface area contributed by atoms with Gasteiger partial charge >= 0.3 is 0 Å². The SMILES string of the molecule is CCN(CCO)C(=O)c1nc(Cl)ccc1Cl. The molecule has 0 aliphatic carbocycles. The standard InChI is InChI=1S/C10H12Cl2N2O2/c1-2-14(5-6-15)10(16)9-7(11)3-4-8(12)13-9/h3-4,15H,2,5-6H2,1H3. The summed E-state index contributed by atoms with van der Waals surface area (Å²) in [6.07, 6.45) is 0. The van der Waals surface area contributed by atoms with Crippen molar-refractivity contribution < 1.29 is 9.90 Å². The van der Waals surface area contributed by atoms with Gasteiger partial charge in [0.1, 0.15) is 10.8 Å². The lowest BCUT2D eigenvalue weighted by molar-refractivity contribution is 0.0726. The van der Waals surface area contributed by atoms with Crippen molar-refractivity contribution in [3.8, 4) is 0 Å². The molecule has 0 fully saturated rings. The summed E-state index contributed by atoms with van der Waals surface area (Å²) in [4.78, 5) is 17.3. The van der Waals surface area contributed by atoms with Crippen LogP contribution in [0.1, 0.15) is 17.4 Å². The first-order chi connectivity index (χ1) is 7.60. The van der Waals surface area contributed by atoms with E-state index in [1.165, 1.54) is 17.0 Å². The average Bonchev–Trinajstić information content (AvgIpc) is 2.28. The summed E-state index contributed by atoms with van der Waals surface area (Å²) in [6.45, 7) is 2.44. The second-order valence-corrected chi connectivity index (χ2v) is 3.87. The number of hydrogen-bond acceptors (Lipinski definition) is 3. The first-order valence-corrected chi connectivity index (χ1v) is 5.58. The number of aliphatic hydroxyl groups is 1. The predicted molar refractivity (Wildman–Crippen MR) is 62.9 cm³/mol. The molecule has 1 aromatic rings. The fraction of sp³-hybridized carbons (Fsp3) is 0.400. The summed E-state index contributed by atoms with van der Waals surface area (Å²) < 4.78 is 0. The fourth-order valence-corrected chi connectivity index (χ4v) is 1.58. The fourth-order valence-electron chi connectivity index (χ4n) is 1.24. The third-order valence-electron chi connectivity index (χ3n) is 2.05. The normalized spacial score (nSPS) is 10.2. The molecule has 0 saturated heterocycles. The van der Waals surface area contributed by atoms with Crippen LogP contribution >= 0.6 is 23.2 Å². The third-order valence-corrected chi connectivity index (χ3v) is 2.57. The van der Waals surface area contributed by atoms with Gasteiger partial charge < -0.3 is 10.0 Å². The van der Waals surface area contributed by atoms with E-state index in [0.29, 0.717) is 6.54 Å². The lowest BCUT2D eigenvalue weighted by Gasteiger charge is -2.19. The van der Waals surface area contributed by atoms with Crippen LogP contribution in [0.4, 0.5) is 0 Å². The molecule has 1 aromatic heterocycles. The Hall–Kier alpha value is -0.840. The quantitative estimate of drug-likeness (QED) is 0.843. The van der Waals surface area contributed by atoms with Crippen LogP contribution in [0.15, 0.2) is 12.1 Å². The summed E-state index contributed by atoms with van der Waals surface area (Å²) in [5.74, 6) is -0.330. The van der Waals surface area contributed by atoms with Crippen LogP contribution in [0, 0.1) is 0 Å². The number of likely N-dealkylation sites (N-methyl/N-ethyl adjacent to an activating group) is 1. The zero-order chi connectivity index (χ0) is 12.1. The molecule has 1 rings (SSSR count). The molecule has 1 amide bonds. The summed E-state index contributed by atoms with van der Waals surface area (Å²) in [5.41, 5.74) is 0.115. The van der Waals surface area contributed by atoms with Gasteiger partial charge in [-0.15, -0.1) is 0 Å². The van der Waals surface area contributed by atoms with E-state index in [4.69, 9.17) is 28.3 Å².